The van der Waals surface area contributed by atoms with Crippen LogP contribution in [-0.4, -0.2) is 29.1 Å². The zero-order chi connectivity index (χ0) is 17.2. The Morgan fingerprint density at radius 3 is 2.71 bits per heavy atom. The largest absolute Gasteiger partial charge is 0.508 e. The molecule has 1 heterocycles. The Morgan fingerprint density at radius 1 is 1.17 bits per heavy atom. The third-order valence-electron chi connectivity index (χ3n) is 6.91. The zero-order valence-electron chi connectivity index (χ0n) is 15.9. The molecule has 1 fully saturated rings. The lowest BCUT2D eigenvalue weighted by atomic mass is 9.59. The molecule has 2 aliphatic rings. The fraction of sp³-hybridized carbons (Fsp3) is 0.727. The molecule has 1 saturated heterocycles. The molecule has 1 aromatic rings. The number of phenolic OH excluding ortho intramolecular Hbond substituents is 1. The van der Waals surface area contributed by atoms with Crippen LogP contribution >= 0.6 is 0 Å². The second kappa shape index (κ2) is 7.47. The van der Waals surface area contributed by atoms with Crippen LogP contribution in [0.1, 0.15) is 76.8 Å². The van der Waals surface area contributed by atoms with E-state index >= 15 is 0 Å². The van der Waals surface area contributed by atoms with E-state index in [0.717, 1.165) is 6.42 Å². The number of piperidine rings is 1. The van der Waals surface area contributed by atoms with Crippen LogP contribution in [0.15, 0.2) is 18.2 Å². The Hall–Kier alpha value is -1.02. The van der Waals surface area contributed by atoms with Gasteiger partial charge in [-0.15, -0.1) is 0 Å². The first-order valence-corrected chi connectivity index (χ1v) is 10.1. The summed E-state index contributed by atoms with van der Waals surface area (Å²) >= 11 is 0. The van der Waals surface area contributed by atoms with Crippen molar-refractivity contribution in [2.24, 2.45) is 5.92 Å². The first-order valence-electron chi connectivity index (χ1n) is 10.1. The van der Waals surface area contributed by atoms with Gasteiger partial charge in [0.25, 0.3) is 0 Å². The van der Waals surface area contributed by atoms with Gasteiger partial charge < -0.3 is 5.11 Å². The van der Waals surface area contributed by atoms with Gasteiger partial charge in [-0.1, -0.05) is 58.9 Å². The van der Waals surface area contributed by atoms with Crippen LogP contribution in [0.3, 0.4) is 0 Å². The maximum absolute atomic E-state index is 9.93. The summed E-state index contributed by atoms with van der Waals surface area (Å²) in [5.41, 5.74) is 3.10. The molecule has 0 aromatic heterocycles. The summed E-state index contributed by atoms with van der Waals surface area (Å²) in [7, 11) is 0. The van der Waals surface area contributed by atoms with Gasteiger partial charge in [-0.2, -0.15) is 0 Å². The predicted molar refractivity (Wildman–Crippen MR) is 102 cm³/mol. The quantitative estimate of drug-likeness (QED) is 0.688. The second-order valence-electron chi connectivity index (χ2n) is 8.37. The summed E-state index contributed by atoms with van der Waals surface area (Å²) in [6.45, 7) is 9.63. The molecule has 1 aromatic carbocycles. The molecule has 24 heavy (non-hydrogen) atoms. The fourth-order valence-electron chi connectivity index (χ4n) is 5.07. The third-order valence-corrected chi connectivity index (χ3v) is 6.91. The number of unbranched alkanes of at least 4 members (excludes halogenated alkanes) is 5. The van der Waals surface area contributed by atoms with Crippen molar-refractivity contribution in [1.82, 2.24) is 4.90 Å². The van der Waals surface area contributed by atoms with E-state index in [1.54, 1.807) is 0 Å². The van der Waals surface area contributed by atoms with Crippen molar-refractivity contribution < 1.29 is 5.11 Å². The number of phenols is 1. The van der Waals surface area contributed by atoms with Gasteiger partial charge in [-0.3, -0.25) is 4.90 Å². The highest BCUT2D eigenvalue weighted by molar-refractivity contribution is 5.44. The lowest BCUT2D eigenvalue weighted by molar-refractivity contribution is 0.0302. The van der Waals surface area contributed by atoms with Crippen LogP contribution in [0.5, 0.6) is 5.75 Å². The number of nitrogens with zero attached hydrogens (tertiary/aromatic N) is 1. The number of likely N-dealkylation sites (tertiary alicyclic amines) is 1. The van der Waals surface area contributed by atoms with Gasteiger partial charge in [0.15, 0.2) is 0 Å². The molecule has 1 aliphatic heterocycles. The molecular formula is C22H35NO. The second-order valence-corrected chi connectivity index (χ2v) is 8.37. The lowest BCUT2D eigenvalue weighted by Gasteiger charge is -2.54. The van der Waals surface area contributed by atoms with Gasteiger partial charge in [0, 0.05) is 6.04 Å². The summed E-state index contributed by atoms with van der Waals surface area (Å²) in [6.07, 6.45) is 10.7. The minimum Gasteiger partial charge on any atom is -0.508 e. The number of rotatable bonds is 7. The molecule has 134 valence electrons. The van der Waals surface area contributed by atoms with Gasteiger partial charge in [0.2, 0.25) is 0 Å². The Labute approximate surface area is 148 Å². The summed E-state index contributed by atoms with van der Waals surface area (Å²) in [4.78, 5) is 2.77. The fourth-order valence-corrected chi connectivity index (χ4v) is 5.07. The van der Waals surface area contributed by atoms with Crippen LogP contribution in [0.4, 0.5) is 0 Å². The van der Waals surface area contributed by atoms with E-state index in [2.05, 4.69) is 31.7 Å². The van der Waals surface area contributed by atoms with Crippen LogP contribution in [0.25, 0.3) is 0 Å². The highest BCUT2D eigenvalue weighted by Gasteiger charge is 2.48. The molecule has 2 nitrogen and oxygen atoms in total. The van der Waals surface area contributed by atoms with E-state index < -0.39 is 0 Å². The van der Waals surface area contributed by atoms with Crippen molar-refractivity contribution in [3.63, 3.8) is 0 Å². The first kappa shape index (κ1) is 17.8. The molecule has 0 spiro atoms. The van der Waals surface area contributed by atoms with Crippen LogP contribution in [0.2, 0.25) is 0 Å². The predicted octanol–water partition coefficient (Wildman–Crippen LogP) is 5.28. The van der Waals surface area contributed by atoms with Gasteiger partial charge >= 0.3 is 0 Å². The normalized spacial score (nSPS) is 29.5. The minimum atomic E-state index is 0.231. The summed E-state index contributed by atoms with van der Waals surface area (Å²) in [5, 5.41) is 9.93. The number of benzene rings is 1. The van der Waals surface area contributed by atoms with Crippen LogP contribution < -0.4 is 0 Å². The minimum absolute atomic E-state index is 0.231. The van der Waals surface area contributed by atoms with E-state index in [1.807, 2.05) is 12.1 Å². The SMILES string of the molecule is CCCCCCCCN1CC[C@]2(C)c3cc(O)ccc3CC1[C@H]2C. The number of hydrogen-bond acceptors (Lipinski definition) is 2. The Morgan fingerprint density at radius 2 is 1.92 bits per heavy atom. The average Bonchev–Trinajstić information content (AvgIpc) is 2.56. The van der Waals surface area contributed by atoms with Gasteiger partial charge in [-0.25, -0.2) is 0 Å². The van der Waals surface area contributed by atoms with E-state index in [0.29, 0.717) is 17.7 Å². The van der Waals surface area contributed by atoms with Crippen molar-refractivity contribution in [3.8, 4) is 5.75 Å². The number of aromatic hydroxyl groups is 1. The first-order chi connectivity index (χ1) is 11.6. The molecule has 0 saturated carbocycles. The number of hydrogen-bond donors (Lipinski definition) is 1. The molecule has 2 bridgehead atoms. The zero-order valence-corrected chi connectivity index (χ0v) is 15.9. The summed E-state index contributed by atoms with van der Waals surface area (Å²) in [5.74, 6) is 1.09. The smallest absolute Gasteiger partial charge is 0.115 e. The Kier molecular flexibility index (Phi) is 5.54. The topological polar surface area (TPSA) is 23.5 Å². The van der Waals surface area contributed by atoms with E-state index in [-0.39, 0.29) is 5.41 Å². The molecule has 1 unspecified atom stereocenters. The number of fused-ring (bicyclic) bond motifs is 4. The lowest BCUT2D eigenvalue weighted by Crippen LogP contribution is -2.58. The Bertz CT molecular complexity index is 555. The van der Waals surface area contributed by atoms with Gasteiger partial charge in [-0.05, 0) is 66.9 Å². The van der Waals surface area contributed by atoms with E-state index in [9.17, 15) is 5.11 Å². The average molecular weight is 330 g/mol. The molecule has 2 heteroatoms. The molecule has 3 rings (SSSR count). The van der Waals surface area contributed by atoms with Crippen molar-refractivity contribution in [3.05, 3.63) is 29.3 Å². The van der Waals surface area contributed by atoms with Crippen molar-refractivity contribution in [2.45, 2.75) is 83.6 Å². The summed E-state index contributed by atoms with van der Waals surface area (Å²) < 4.78 is 0. The molecule has 0 radical (unpaired) electrons. The van der Waals surface area contributed by atoms with Crippen molar-refractivity contribution >= 4 is 0 Å². The van der Waals surface area contributed by atoms with Crippen molar-refractivity contribution in [2.75, 3.05) is 13.1 Å². The highest BCUT2D eigenvalue weighted by Crippen LogP contribution is 2.49. The van der Waals surface area contributed by atoms with Crippen LogP contribution in [-0.2, 0) is 11.8 Å². The standard InChI is InChI=1S/C22H35NO/c1-4-5-6-7-8-9-13-23-14-12-22(3)17(2)21(23)15-18-10-11-19(24)16-20(18)22/h10-11,16-17,21,24H,4-9,12-15H2,1-3H3/t17-,21?,22+/m1/s1. The molecule has 1 N–H and O–H groups in total. The van der Waals surface area contributed by atoms with Crippen LogP contribution in [0, 0.1) is 5.92 Å². The van der Waals surface area contributed by atoms with Gasteiger partial charge in [0.1, 0.15) is 5.75 Å². The Balaban J connectivity index is 1.64. The van der Waals surface area contributed by atoms with E-state index in [1.165, 1.54) is 69.2 Å². The maximum atomic E-state index is 9.93. The van der Waals surface area contributed by atoms with E-state index in [4.69, 9.17) is 0 Å². The monoisotopic (exact) mass is 329 g/mol. The molecule has 1 aliphatic carbocycles. The summed E-state index contributed by atoms with van der Waals surface area (Å²) in [6, 6.07) is 6.74. The third kappa shape index (κ3) is 3.35. The molecular weight excluding hydrogens is 294 g/mol. The maximum Gasteiger partial charge on any atom is 0.115 e. The highest BCUT2D eigenvalue weighted by atomic mass is 16.3. The molecule has 3 atom stereocenters. The van der Waals surface area contributed by atoms with Crippen molar-refractivity contribution in [1.29, 1.82) is 0 Å². The van der Waals surface area contributed by atoms with Gasteiger partial charge in [0.05, 0.1) is 0 Å². The molecule has 0 amide bonds.